The molecule has 4 heteroatoms. The fourth-order valence-electron chi connectivity index (χ4n) is 2.51. The van der Waals surface area contributed by atoms with Crippen LogP contribution in [0.25, 0.3) is 0 Å². The van der Waals surface area contributed by atoms with Gasteiger partial charge in [0.2, 0.25) is 0 Å². The first kappa shape index (κ1) is 13.9. The molecule has 1 N–H and O–H groups in total. The molecule has 0 aliphatic carbocycles. The van der Waals surface area contributed by atoms with Crippen LogP contribution in [0.15, 0.2) is 36.4 Å². The second-order valence-corrected chi connectivity index (χ2v) is 5.03. The maximum Gasteiger partial charge on any atom is 0.165 e. The lowest BCUT2D eigenvalue weighted by atomic mass is 10.1. The van der Waals surface area contributed by atoms with Gasteiger partial charge in [0.1, 0.15) is 5.75 Å². The minimum Gasteiger partial charge on any atom is -0.493 e. The Bertz CT molecular complexity index is 640. The fourth-order valence-corrected chi connectivity index (χ4v) is 2.51. The molecule has 0 saturated heterocycles. The summed E-state index contributed by atoms with van der Waals surface area (Å²) >= 11 is 0. The van der Waals surface area contributed by atoms with Gasteiger partial charge >= 0.3 is 0 Å². The van der Waals surface area contributed by atoms with Crippen molar-refractivity contribution >= 4 is 0 Å². The Hall–Kier alpha value is -2.07. The average molecular weight is 288 g/mol. The predicted molar refractivity (Wildman–Crippen MR) is 77.2 cm³/mol. The molecule has 2 aromatic rings. The molecule has 0 amide bonds. The van der Waals surface area contributed by atoms with Crippen LogP contribution in [0.4, 0.5) is 4.39 Å². The topological polar surface area (TPSA) is 38.7 Å². The van der Waals surface area contributed by atoms with Crippen LogP contribution in [0.2, 0.25) is 0 Å². The van der Waals surface area contributed by atoms with Gasteiger partial charge in [-0.3, -0.25) is 0 Å². The zero-order chi connectivity index (χ0) is 14.7. The maximum atomic E-state index is 13.7. The molecule has 21 heavy (non-hydrogen) atoms. The summed E-state index contributed by atoms with van der Waals surface area (Å²) in [5, 5.41) is 9.20. The smallest absolute Gasteiger partial charge is 0.165 e. The number of halogens is 1. The van der Waals surface area contributed by atoms with E-state index in [1.165, 1.54) is 11.6 Å². The Morgan fingerprint density at radius 1 is 1.24 bits per heavy atom. The Kier molecular flexibility index (Phi) is 4.06. The number of fused-ring (bicyclic) bond motifs is 1. The second kappa shape index (κ2) is 6.14. The van der Waals surface area contributed by atoms with Crippen molar-refractivity contribution in [3.63, 3.8) is 0 Å². The zero-order valence-electron chi connectivity index (χ0n) is 11.6. The van der Waals surface area contributed by atoms with E-state index in [0.29, 0.717) is 18.6 Å². The van der Waals surface area contributed by atoms with Crippen molar-refractivity contribution in [1.82, 2.24) is 0 Å². The van der Waals surface area contributed by atoms with E-state index >= 15 is 0 Å². The van der Waals surface area contributed by atoms with Crippen LogP contribution in [-0.4, -0.2) is 18.3 Å². The van der Waals surface area contributed by atoms with Gasteiger partial charge in [-0.2, -0.15) is 0 Å². The van der Waals surface area contributed by atoms with E-state index in [2.05, 4.69) is 6.07 Å². The molecule has 3 rings (SSSR count). The molecular formula is C17H17FO3. The molecular weight excluding hydrogens is 271 g/mol. The van der Waals surface area contributed by atoms with E-state index in [1.807, 2.05) is 12.1 Å². The molecule has 0 spiro atoms. The summed E-state index contributed by atoms with van der Waals surface area (Å²) in [7, 11) is 0. The normalized spacial score (nSPS) is 12.9. The lowest BCUT2D eigenvalue weighted by molar-refractivity contribution is 0.257. The predicted octanol–water partition coefficient (Wildman–Crippen LogP) is 2.87. The SMILES string of the molecule is OCc1cccc(F)c1OCCc1ccc2c(c1)CCO2. The van der Waals surface area contributed by atoms with Crippen LogP contribution < -0.4 is 9.47 Å². The number of hydrogen-bond acceptors (Lipinski definition) is 3. The minimum absolute atomic E-state index is 0.143. The van der Waals surface area contributed by atoms with Gasteiger partial charge in [0.25, 0.3) is 0 Å². The number of aliphatic hydroxyl groups excluding tert-OH is 1. The lowest BCUT2D eigenvalue weighted by Crippen LogP contribution is -2.05. The van der Waals surface area contributed by atoms with Crippen LogP contribution in [0.3, 0.4) is 0 Å². The molecule has 1 aliphatic rings. The summed E-state index contributed by atoms with van der Waals surface area (Å²) in [5.41, 5.74) is 2.83. The number of hydrogen-bond donors (Lipinski definition) is 1. The molecule has 1 heterocycles. The quantitative estimate of drug-likeness (QED) is 0.919. The molecule has 0 radical (unpaired) electrons. The molecule has 2 aromatic carbocycles. The molecule has 0 bridgehead atoms. The standard InChI is InChI=1S/C17H17FO3/c18-15-3-1-2-14(11-19)17(15)21-8-6-12-4-5-16-13(10-12)7-9-20-16/h1-5,10,19H,6-9,11H2. The number of para-hydroxylation sites is 1. The number of aliphatic hydroxyl groups is 1. The summed E-state index contributed by atoms with van der Waals surface area (Å²) < 4.78 is 24.7. The molecule has 1 aliphatic heterocycles. The molecule has 110 valence electrons. The van der Waals surface area contributed by atoms with Crippen molar-refractivity contribution in [2.45, 2.75) is 19.4 Å². The molecule has 0 unspecified atom stereocenters. The Morgan fingerprint density at radius 2 is 2.14 bits per heavy atom. The molecule has 0 saturated carbocycles. The third-order valence-electron chi connectivity index (χ3n) is 3.61. The van der Waals surface area contributed by atoms with E-state index in [0.717, 1.165) is 24.3 Å². The van der Waals surface area contributed by atoms with Gasteiger partial charge in [0.15, 0.2) is 11.6 Å². The Balaban J connectivity index is 1.64. The minimum atomic E-state index is -0.441. The monoisotopic (exact) mass is 288 g/mol. The third kappa shape index (κ3) is 3.00. The highest BCUT2D eigenvalue weighted by Gasteiger charge is 2.12. The van der Waals surface area contributed by atoms with Crippen LogP contribution in [0, 0.1) is 5.82 Å². The van der Waals surface area contributed by atoms with Crippen LogP contribution in [0.1, 0.15) is 16.7 Å². The molecule has 0 aromatic heterocycles. The highest BCUT2D eigenvalue weighted by molar-refractivity contribution is 5.40. The Morgan fingerprint density at radius 3 is 3.00 bits per heavy atom. The van der Waals surface area contributed by atoms with Crippen molar-refractivity contribution in [2.24, 2.45) is 0 Å². The van der Waals surface area contributed by atoms with Crippen molar-refractivity contribution in [2.75, 3.05) is 13.2 Å². The number of rotatable bonds is 5. The summed E-state index contributed by atoms with van der Waals surface area (Å²) in [6, 6.07) is 10.6. The van der Waals surface area contributed by atoms with Crippen molar-refractivity contribution in [3.8, 4) is 11.5 Å². The molecule has 3 nitrogen and oxygen atoms in total. The van der Waals surface area contributed by atoms with Crippen LogP contribution >= 0.6 is 0 Å². The summed E-state index contributed by atoms with van der Waals surface area (Å²) in [6.07, 6.45) is 1.62. The van der Waals surface area contributed by atoms with Gasteiger partial charge < -0.3 is 14.6 Å². The van der Waals surface area contributed by atoms with Crippen molar-refractivity contribution in [3.05, 3.63) is 58.9 Å². The van der Waals surface area contributed by atoms with Gasteiger partial charge in [-0.1, -0.05) is 24.3 Å². The van der Waals surface area contributed by atoms with Gasteiger partial charge in [-0.05, 0) is 23.3 Å². The number of ether oxygens (including phenoxy) is 2. The zero-order valence-corrected chi connectivity index (χ0v) is 11.6. The second-order valence-electron chi connectivity index (χ2n) is 5.03. The summed E-state index contributed by atoms with van der Waals surface area (Å²) in [6.45, 7) is 0.876. The lowest BCUT2D eigenvalue weighted by Gasteiger charge is -2.11. The van der Waals surface area contributed by atoms with E-state index in [1.54, 1.807) is 12.1 Å². The summed E-state index contributed by atoms with van der Waals surface area (Å²) in [4.78, 5) is 0. The van der Waals surface area contributed by atoms with E-state index in [4.69, 9.17) is 9.47 Å². The van der Waals surface area contributed by atoms with Gasteiger partial charge in [-0.15, -0.1) is 0 Å². The van der Waals surface area contributed by atoms with Crippen LogP contribution in [-0.2, 0) is 19.4 Å². The highest BCUT2D eigenvalue weighted by atomic mass is 19.1. The highest BCUT2D eigenvalue weighted by Crippen LogP contribution is 2.26. The van der Waals surface area contributed by atoms with E-state index < -0.39 is 5.82 Å². The van der Waals surface area contributed by atoms with E-state index in [9.17, 15) is 9.50 Å². The Labute approximate surface area is 122 Å². The summed E-state index contributed by atoms with van der Waals surface area (Å²) in [5.74, 6) is 0.657. The third-order valence-corrected chi connectivity index (χ3v) is 3.61. The van der Waals surface area contributed by atoms with Gasteiger partial charge in [0, 0.05) is 18.4 Å². The van der Waals surface area contributed by atoms with Crippen molar-refractivity contribution in [1.29, 1.82) is 0 Å². The first-order valence-electron chi connectivity index (χ1n) is 7.03. The first-order chi connectivity index (χ1) is 10.3. The number of benzene rings is 2. The van der Waals surface area contributed by atoms with Crippen LogP contribution in [0.5, 0.6) is 11.5 Å². The molecule has 0 fully saturated rings. The first-order valence-corrected chi connectivity index (χ1v) is 7.03. The fraction of sp³-hybridized carbons (Fsp3) is 0.294. The van der Waals surface area contributed by atoms with Gasteiger partial charge in [0.05, 0.1) is 19.8 Å². The largest absolute Gasteiger partial charge is 0.493 e. The van der Waals surface area contributed by atoms with Crippen molar-refractivity contribution < 1.29 is 19.0 Å². The van der Waals surface area contributed by atoms with E-state index in [-0.39, 0.29) is 12.4 Å². The average Bonchev–Trinajstić information content (AvgIpc) is 2.96. The maximum absolute atomic E-state index is 13.7. The molecule has 0 atom stereocenters. The van der Waals surface area contributed by atoms with Gasteiger partial charge in [-0.25, -0.2) is 4.39 Å².